The lowest BCUT2D eigenvalue weighted by Gasteiger charge is -2.07. The molecule has 0 unspecified atom stereocenters. The van der Waals surface area contributed by atoms with Crippen molar-refractivity contribution >= 4 is 49.9 Å². The number of anilines is 3. The molecule has 0 aliphatic carbocycles. The number of nitrogens with one attached hydrogen (secondary N) is 3. The molecule has 2 aromatic carbocycles. The van der Waals surface area contributed by atoms with Crippen molar-refractivity contribution in [3.8, 4) is 0 Å². The number of benzene rings is 2. The summed E-state index contributed by atoms with van der Waals surface area (Å²) >= 11 is 1.41. The molecule has 0 bridgehead atoms. The number of para-hydroxylation sites is 1. The van der Waals surface area contributed by atoms with Crippen LogP contribution in [0.4, 0.5) is 16.5 Å². The van der Waals surface area contributed by atoms with Crippen molar-refractivity contribution in [2.45, 2.75) is 13.8 Å². The van der Waals surface area contributed by atoms with Crippen LogP contribution in [0.15, 0.2) is 48.5 Å². The molecule has 7 heteroatoms. The van der Waals surface area contributed by atoms with E-state index in [0.717, 1.165) is 15.9 Å². The van der Waals surface area contributed by atoms with Gasteiger partial charge in [-0.3, -0.25) is 9.59 Å². The number of thiazole rings is 1. The largest absolute Gasteiger partial charge is 0.376 e. The molecule has 3 N–H and O–H groups in total. The third-order valence-corrected chi connectivity index (χ3v) is 4.60. The molecule has 1 aromatic heterocycles. The number of nitrogens with zero attached hydrogens (tertiary/aromatic N) is 1. The Morgan fingerprint density at radius 1 is 1.04 bits per heavy atom. The van der Waals surface area contributed by atoms with Crippen LogP contribution in [-0.4, -0.2) is 23.3 Å². The first-order valence-corrected chi connectivity index (χ1v) is 9.13. The monoisotopic (exact) mass is 368 g/mol. The zero-order chi connectivity index (χ0) is 18.5. The topological polar surface area (TPSA) is 83.1 Å². The second-order valence-electron chi connectivity index (χ2n) is 6.11. The Balaban J connectivity index is 1.63. The Labute approximate surface area is 155 Å². The molecule has 26 heavy (non-hydrogen) atoms. The molecular weight excluding hydrogens is 348 g/mol. The Bertz CT molecular complexity index is 922. The molecule has 0 aliphatic heterocycles. The van der Waals surface area contributed by atoms with Gasteiger partial charge < -0.3 is 16.0 Å². The summed E-state index contributed by atoms with van der Waals surface area (Å²) in [5.41, 5.74) is 2.30. The van der Waals surface area contributed by atoms with Crippen LogP contribution >= 0.6 is 11.3 Å². The third-order valence-electron chi connectivity index (χ3n) is 3.65. The summed E-state index contributed by atoms with van der Waals surface area (Å²) in [7, 11) is 0. The van der Waals surface area contributed by atoms with E-state index in [9.17, 15) is 9.59 Å². The van der Waals surface area contributed by atoms with Gasteiger partial charge in [-0.05, 0) is 30.3 Å². The van der Waals surface area contributed by atoms with Gasteiger partial charge in [0.2, 0.25) is 11.8 Å². The molecule has 3 aromatic rings. The number of aromatic nitrogens is 1. The Morgan fingerprint density at radius 3 is 2.54 bits per heavy atom. The molecule has 0 radical (unpaired) electrons. The summed E-state index contributed by atoms with van der Waals surface area (Å²) in [5, 5.41) is 9.28. The summed E-state index contributed by atoms with van der Waals surface area (Å²) in [6.45, 7) is 3.84. The first kappa shape index (κ1) is 17.9. The standard InChI is InChI=1S/C19H20N4O2S/c1-12(2)18(25)23-19-22-15-10-14(8-9-16(15)26-19)21-17(24)11-20-13-6-4-3-5-7-13/h3-10,12,20H,11H2,1-2H3,(H,21,24)(H,22,23,25). The number of carbonyl (C=O) groups excluding carboxylic acids is 2. The summed E-state index contributed by atoms with van der Waals surface area (Å²) in [6.07, 6.45) is 0. The van der Waals surface area contributed by atoms with E-state index in [-0.39, 0.29) is 24.3 Å². The van der Waals surface area contributed by atoms with E-state index in [1.54, 1.807) is 6.07 Å². The van der Waals surface area contributed by atoms with Crippen LogP contribution in [0.3, 0.4) is 0 Å². The van der Waals surface area contributed by atoms with Gasteiger partial charge in [-0.15, -0.1) is 0 Å². The average Bonchev–Trinajstić information content (AvgIpc) is 3.02. The van der Waals surface area contributed by atoms with E-state index >= 15 is 0 Å². The van der Waals surface area contributed by atoms with Crippen LogP contribution in [0.25, 0.3) is 10.2 Å². The third kappa shape index (κ3) is 4.58. The van der Waals surface area contributed by atoms with Crippen LogP contribution in [0.5, 0.6) is 0 Å². The minimum Gasteiger partial charge on any atom is -0.376 e. The van der Waals surface area contributed by atoms with Gasteiger partial charge in [0.05, 0.1) is 16.8 Å². The molecule has 0 saturated carbocycles. The molecule has 0 aliphatic rings. The predicted molar refractivity (Wildman–Crippen MR) is 107 cm³/mol. The predicted octanol–water partition coefficient (Wildman–Crippen LogP) is 3.94. The van der Waals surface area contributed by atoms with E-state index < -0.39 is 0 Å². The van der Waals surface area contributed by atoms with Gasteiger partial charge in [-0.2, -0.15) is 0 Å². The molecular formula is C19H20N4O2S. The van der Waals surface area contributed by atoms with Crippen LogP contribution < -0.4 is 16.0 Å². The zero-order valence-electron chi connectivity index (χ0n) is 14.6. The van der Waals surface area contributed by atoms with Crippen LogP contribution in [-0.2, 0) is 9.59 Å². The number of amides is 2. The number of carbonyl (C=O) groups is 2. The van der Waals surface area contributed by atoms with Crippen LogP contribution in [0.1, 0.15) is 13.8 Å². The van der Waals surface area contributed by atoms with Gasteiger partial charge in [0, 0.05) is 17.3 Å². The van der Waals surface area contributed by atoms with E-state index in [4.69, 9.17) is 0 Å². The van der Waals surface area contributed by atoms with E-state index in [1.807, 2.05) is 56.3 Å². The highest BCUT2D eigenvalue weighted by Crippen LogP contribution is 2.28. The fraction of sp³-hybridized carbons (Fsp3) is 0.211. The number of hydrogen-bond donors (Lipinski definition) is 3. The van der Waals surface area contributed by atoms with Crippen LogP contribution in [0.2, 0.25) is 0 Å². The van der Waals surface area contributed by atoms with Gasteiger partial charge >= 0.3 is 0 Å². The van der Waals surface area contributed by atoms with Gasteiger partial charge in [0.25, 0.3) is 0 Å². The van der Waals surface area contributed by atoms with Gasteiger partial charge in [0.15, 0.2) is 5.13 Å². The number of rotatable bonds is 6. The summed E-state index contributed by atoms with van der Waals surface area (Å²) < 4.78 is 0.949. The highest BCUT2D eigenvalue weighted by atomic mass is 32.1. The molecule has 0 saturated heterocycles. The maximum Gasteiger partial charge on any atom is 0.243 e. The molecule has 3 rings (SSSR count). The van der Waals surface area contributed by atoms with Gasteiger partial charge in [-0.1, -0.05) is 43.4 Å². The SMILES string of the molecule is CC(C)C(=O)Nc1nc2cc(NC(=O)CNc3ccccc3)ccc2s1. The Morgan fingerprint density at radius 2 is 1.81 bits per heavy atom. The lowest BCUT2D eigenvalue weighted by atomic mass is 10.2. The lowest BCUT2D eigenvalue weighted by Crippen LogP contribution is -2.21. The highest BCUT2D eigenvalue weighted by molar-refractivity contribution is 7.22. The number of fused-ring (bicyclic) bond motifs is 1. The lowest BCUT2D eigenvalue weighted by molar-refractivity contribution is -0.119. The molecule has 134 valence electrons. The fourth-order valence-electron chi connectivity index (χ4n) is 2.25. The Kier molecular flexibility index (Phi) is 5.48. The van der Waals surface area contributed by atoms with Gasteiger partial charge in [-0.25, -0.2) is 4.98 Å². The summed E-state index contributed by atoms with van der Waals surface area (Å²) in [5.74, 6) is -0.310. The van der Waals surface area contributed by atoms with Crippen molar-refractivity contribution in [3.63, 3.8) is 0 Å². The molecule has 0 atom stereocenters. The molecule has 6 nitrogen and oxygen atoms in total. The van der Waals surface area contributed by atoms with Gasteiger partial charge in [0.1, 0.15) is 0 Å². The van der Waals surface area contributed by atoms with Crippen molar-refractivity contribution in [1.29, 1.82) is 0 Å². The summed E-state index contributed by atoms with van der Waals surface area (Å²) in [6, 6.07) is 15.1. The quantitative estimate of drug-likeness (QED) is 0.615. The normalized spacial score (nSPS) is 10.7. The van der Waals surface area contributed by atoms with E-state index in [1.165, 1.54) is 11.3 Å². The minimum atomic E-state index is -0.142. The van der Waals surface area contributed by atoms with Crippen molar-refractivity contribution in [1.82, 2.24) is 4.98 Å². The van der Waals surface area contributed by atoms with E-state index in [2.05, 4.69) is 20.9 Å². The number of hydrogen-bond acceptors (Lipinski definition) is 5. The molecule has 0 fully saturated rings. The zero-order valence-corrected chi connectivity index (χ0v) is 15.4. The second-order valence-corrected chi connectivity index (χ2v) is 7.14. The van der Waals surface area contributed by atoms with Crippen LogP contribution in [0, 0.1) is 5.92 Å². The summed E-state index contributed by atoms with van der Waals surface area (Å²) in [4.78, 5) is 28.3. The van der Waals surface area contributed by atoms with Crippen molar-refractivity contribution in [2.75, 3.05) is 22.5 Å². The van der Waals surface area contributed by atoms with Crippen molar-refractivity contribution < 1.29 is 9.59 Å². The first-order valence-electron chi connectivity index (χ1n) is 8.31. The van der Waals surface area contributed by atoms with Crippen molar-refractivity contribution in [3.05, 3.63) is 48.5 Å². The fourth-order valence-corrected chi connectivity index (χ4v) is 3.10. The molecule has 0 spiro atoms. The average molecular weight is 368 g/mol. The smallest absolute Gasteiger partial charge is 0.243 e. The molecule has 1 heterocycles. The highest BCUT2D eigenvalue weighted by Gasteiger charge is 2.11. The van der Waals surface area contributed by atoms with E-state index in [0.29, 0.717) is 10.8 Å². The second kappa shape index (κ2) is 7.97. The van der Waals surface area contributed by atoms with Crippen molar-refractivity contribution in [2.24, 2.45) is 5.92 Å². The maximum absolute atomic E-state index is 12.1. The minimum absolute atomic E-state index is 0.0652. The maximum atomic E-state index is 12.1. The Hall–Kier alpha value is -2.93. The first-order chi connectivity index (χ1) is 12.5. The molecule has 2 amide bonds.